The molecule has 1 aliphatic heterocycles. The molecule has 3 heterocycles. The first-order chi connectivity index (χ1) is 15.2. The minimum absolute atomic E-state index is 0.0237. The number of hydrogen-bond acceptors (Lipinski definition) is 5. The minimum atomic E-state index is -4.53. The standard InChI is InChI=1S/C22H21F3N4O3/c1-32-20(31)21(28-19(30)9-14-2-3-15-4-6-27-18(15)8-14)5-7-29(13-21)17-10-16(11-26-12-17)22(23,24)25/h2-4,6,8,10-12,27H,5,7,9,13H2,1H3,(H,28,30)/t21-/m1/s1. The second kappa shape index (κ2) is 8.18. The number of anilines is 1. The topological polar surface area (TPSA) is 87.3 Å². The maximum atomic E-state index is 13.1. The Morgan fingerprint density at radius 3 is 2.81 bits per heavy atom. The number of H-pyrrole nitrogens is 1. The highest BCUT2D eigenvalue weighted by Crippen LogP contribution is 2.33. The lowest BCUT2D eigenvalue weighted by atomic mass is 9.97. The van der Waals surface area contributed by atoms with Crippen molar-refractivity contribution in [3.8, 4) is 0 Å². The van der Waals surface area contributed by atoms with E-state index in [-0.39, 0.29) is 37.5 Å². The van der Waals surface area contributed by atoms with Crippen LogP contribution in [0, 0.1) is 0 Å². The molecular weight excluding hydrogens is 425 g/mol. The van der Waals surface area contributed by atoms with Crippen LogP contribution in [0.25, 0.3) is 10.9 Å². The number of ether oxygens (including phenoxy) is 1. The predicted molar refractivity (Wildman–Crippen MR) is 111 cm³/mol. The molecule has 0 spiro atoms. The Bertz CT molecular complexity index is 1160. The molecule has 1 aromatic carbocycles. The first-order valence-corrected chi connectivity index (χ1v) is 9.93. The molecule has 1 amide bonds. The Labute approximate surface area is 181 Å². The normalized spacial score (nSPS) is 18.7. The summed E-state index contributed by atoms with van der Waals surface area (Å²) in [4.78, 5) is 33.7. The number of carbonyl (C=O) groups excluding carboxylic acids is 2. The fourth-order valence-corrected chi connectivity index (χ4v) is 4.00. The summed E-state index contributed by atoms with van der Waals surface area (Å²) in [5.41, 5.74) is -0.376. The van der Waals surface area contributed by atoms with Crippen LogP contribution < -0.4 is 10.2 Å². The van der Waals surface area contributed by atoms with Gasteiger partial charge in [0.15, 0.2) is 5.54 Å². The predicted octanol–water partition coefficient (Wildman–Crippen LogP) is 3.06. The molecule has 1 atom stereocenters. The molecule has 0 saturated carbocycles. The van der Waals surface area contributed by atoms with Gasteiger partial charge in [-0.05, 0) is 29.1 Å². The van der Waals surface area contributed by atoms with Crippen LogP contribution >= 0.6 is 0 Å². The van der Waals surface area contributed by atoms with E-state index in [4.69, 9.17) is 4.74 Å². The third-order valence-electron chi connectivity index (χ3n) is 5.62. The number of aromatic amines is 1. The van der Waals surface area contributed by atoms with Crippen LogP contribution in [0.3, 0.4) is 0 Å². The Morgan fingerprint density at radius 2 is 2.06 bits per heavy atom. The highest BCUT2D eigenvalue weighted by atomic mass is 19.4. The third-order valence-corrected chi connectivity index (χ3v) is 5.62. The van der Waals surface area contributed by atoms with E-state index in [1.807, 2.05) is 24.3 Å². The molecule has 2 aromatic heterocycles. The van der Waals surface area contributed by atoms with Crippen molar-refractivity contribution in [3.63, 3.8) is 0 Å². The quantitative estimate of drug-likeness (QED) is 0.589. The number of rotatable bonds is 5. The maximum Gasteiger partial charge on any atom is 0.417 e. The van der Waals surface area contributed by atoms with E-state index in [9.17, 15) is 22.8 Å². The van der Waals surface area contributed by atoms with Gasteiger partial charge in [0.2, 0.25) is 5.91 Å². The molecule has 168 valence electrons. The van der Waals surface area contributed by atoms with Crippen molar-refractivity contribution in [2.75, 3.05) is 25.1 Å². The minimum Gasteiger partial charge on any atom is -0.467 e. The lowest BCUT2D eigenvalue weighted by Gasteiger charge is -2.28. The number of hydrogen-bond donors (Lipinski definition) is 2. The molecule has 1 saturated heterocycles. The monoisotopic (exact) mass is 446 g/mol. The number of nitrogens with one attached hydrogen (secondary N) is 2. The summed E-state index contributed by atoms with van der Waals surface area (Å²) in [6.07, 6.45) is -0.449. The van der Waals surface area contributed by atoms with Gasteiger partial charge in [-0.25, -0.2) is 4.79 Å². The molecular formula is C22H21F3N4O3. The number of carbonyl (C=O) groups is 2. The molecule has 2 N–H and O–H groups in total. The van der Waals surface area contributed by atoms with Crippen molar-refractivity contribution in [2.45, 2.75) is 24.6 Å². The zero-order chi connectivity index (χ0) is 22.9. The van der Waals surface area contributed by atoms with Crippen LogP contribution in [0.1, 0.15) is 17.5 Å². The number of methoxy groups -OCH3 is 1. The number of halogens is 3. The Balaban J connectivity index is 1.52. The van der Waals surface area contributed by atoms with Gasteiger partial charge in [-0.1, -0.05) is 12.1 Å². The molecule has 0 aliphatic carbocycles. The third kappa shape index (κ3) is 4.25. The van der Waals surface area contributed by atoms with E-state index in [0.29, 0.717) is 0 Å². The van der Waals surface area contributed by atoms with Crippen molar-refractivity contribution in [1.82, 2.24) is 15.3 Å². The Morgan fingerprint density at radius 1 is 1.25 bits per heavy atom. The number of esters is 1. The summed E-state index contributed by atoms with van der Waals surface area (Å²) < 4.78 is 44.1. The highest BCUT2D eigenvalue weighted by Gasteiger charge is 2.47. The molecule has 32 heavy (non-hydrogen) atoms. The van der Waals surface area contributed by atoms with Crippen molar-refractivity contribution in [2.24, 2.45) is 0 Å². The summed E-state index contributed by atoms with van der Waals surface area (Å²) in [6.45, 7) is 0.233. The second-order valence-corrected chi connectivity index (χ2v) is 7.80. The van der Waals surface area contributed by atoms with Gasteiger partial charge in [-0.2, -0.15) is 13.2 Å². The van der Waals surface area contributed by atoms with Gasteiger partial charge < -0.3 is 19.9 Å². The number of pyridine rings is 1. The highest BCUT2D eigenvalue weighted by molar-refractivity contribution is 5.91. The molecule has 0 bridgehead atoms. The lowest BCUT2D eigenvalue weighted by molar-refractivity contribution is -0.150. The zero-order valence-corrected chi connectivity index (χ0v) is 17.2. The van der Waals surface area contributed by atoms with Gasteiger partial charge in [0, 0.05) is 30.9 Å². The molecule has 3 aromatic rings. The van der Waals surface area contributed by atoms with Crippen LogP contribution in [-0.2, 0) is 26.9 Å². The average Bonchev–Trinajstić information content (AvgIpc) is 3.40. The van der Waals surface area contributed by atoms with E-state index in [1.54, 1.807) is 11.1 Å². The van der Waals surface area contributed by atoms with Crippen LogP contribution in [0.2, 0.25) is 0 Å². The van der Waals surface area contributed by atoms with Gasteiger partial charge in [0.25, 0.3) is 0 Å². The van der Waals surface area contributed by atoms with E-state index >= 15 is 0 Å². The molecule has 7 nitrogen and oxygen atoms in total. The SMILES string of the molecule is COC(=O)[C@@]1(NC(=O)Cc2ccc3cc[nH]c3c2)CCN(c2cncc(C(F)(F)F)c2)C1. The van der Waals surface area contributed by atoms with Gasteiger partial charge in [-0.3, -0.25) is 9.78 Å². The second-order valence-electron chi connectivity index (χ2n) is 7.80. The number of alkyl halides is 3. The fourth-order valence-electron chi connectivity index (χ4n) is 4.00. The summed E-state index contributed by atoms with van der Waals surface area (Å²) in [5, 5.41) is 3.79. The van der Waals surface area contributed by atoms with Gasteiger partial charge in [0.05, 0.1) is 37.5 Å². The Hall–Kier alpha value is -3.56. The van der Waals surface area contributed by atoms with Crippen LogP contribution in [-0.4, -0.2) is 47.6 Å². The van der Waals surface area contributed by atoms with E-state index < -0.39 is 23.2 Å². The van der Waals surface area contributed by atoms with Crippen LogP contribution in [0.4, 0.5) is 18.9 Å². The van der Waals surface area contributed by atoms with Crippen LogP contribution in [0.15, 0.2) is 48.9 Å². The van der Waals surface area contributed by atoms with E-state index in [1.165, 1.54) is 13.3 Å². The number of nitrogens with zero attached hydrogens (tertiary/aromatic N) is 2. The fraction of sp³-hybridized carbons (Fsp3) is 0.318. The number of amides is 1. The average molecular weight is 446 g/mol. The van der Waals surface area contributed by atoms with Gasteiger partial charge in [-0.15, -0.1) is 0 Å². The zero-order valence-electron chi connectivity index (χ0n) is 17.2. The summed E-state index contributed by atoms with van der Waals surface area (Å²) >= 11 is 0. The molecule has 4 rings (SSSR count). The van der Waals surface area contributed by atoms with E-state index in [2.05, 4.69) is 15.3 Å². The molecule has 10 heteroatoms. The maximum absolute atomic E-state index is 13.1. The molecule has 0 unspecified atom stereocenters. The lowest BCUT2D eigenvalue weighted by Crippen LogP contribution is -2.57. The van der Waals surface area contributed by atoms with Crippen molar-refractivity contribution < 1.29 is 27.5 Å². The largest absolute Gasteiger partial charge is 0.467 e. The first kappa shape index (κ1) is 21.7. The van der Waals surface area contributed by atoms with Gasteiger partial charge >= 0.3 is 12.1 Å². The molecule has 1 aliphatic rings. The summed E-state index contributed by atoms with van der Waals surface area (Å²) in [6, 6.07) is 8.47. The summed E-state index contributed by atoms with van der Waals surface area (Å²) in [7, 11) is 1.21. The molecule has 0 radical (unpaired) electrons. The van der Waals surface area contributed by atoms with Crippen molar-refractivity contribution >= 4 is 28.5 Å². The van der Waals surface area contributed by atoms with Gasteiger partial charge in [0.1, 0.15) is 0 Å². The number of aromatic nitrogens is 2. The summed E-state index contributed by atoms with van der Waals surface area (Å²) in [5.74, 6) is -1.03. The number of fused-ring (bicyclic) bond motifs is 1. The number of benzene rings is 1. The smallest absolute Gasteiger partial charge is 0.417 e. The first-order valence-electron chi connectivity index (χ1n) is 9.93. The van der Waals surface area contributed by atoms with E-state index in [0.717, 1.165) is 28.7 Å². The Kier molecular flexibility index (Phi) is 5.53. The van der Waals surface area contributed by atoms with Crippen LogP contribution in [0.5, 0.6) is 0 Å². The van der Waals surface area contributed by atoms with Crippen molar-refractivity contribution in [3.05, 3.63) is 60.0 Å². The molecule has 1 fully saturated rings. The van der Waals surface area contributed by atoms with Crippen molar-refractivity contribution in [1.29, 1.82) is 0 Å².